The molecule has 4 aromatic rings. The predicted octanol–water partition coefficient (Wildman–Crippen LogP) is 6.83. The number of hydrogen-bond donors (Lipinski definition) is 2. The molecule has 33 heavy (non-hydrogen) atoms. The fourth-order valence-corrected chi connectivity index (χ4v) is 4.32. The highest BCUT2D eigenvalue weighted by Crippen LogP contribution is 2.39. The third-order valence-corrected chi connectivity index (χ3v) is 5.93. The van der Waals surface area contributed by atoms with Gasteiger partial charge in [-0.05, 0) is 53.9 Å². The fourth-order valence-electron chi connectivity index (χ4n) is 4.07. The number of para-hydroxylation sites is 1. The van der Waals surface area contributed by atoms with Crippen molar-refractivity contribution in [2.24, 2.45) is 0 Å². The lowest BCUT2D eigenvalue weighted by Crippen LogP contribution is -2.14. The minimum absolute atomic E-state index is 0.280. The Balaban J connectivity index is 1.43. The summed E-state index contributed by atoms with van der Waals surface area (Å²) in [6.07, 6.45) is 4.16. The second kappa shape index (κ2) is 8.88. The highest BCUT2D eigenvalue weighted by molar-refractivity contribution is 6.32. The number of rotatable bonds is 4. The first-order chi connectivity index (χ1) is 16.2. The molecule has 1 amide bonds. The van der Waals surface area contributed by atoms with E-state index in [4.69, 9.17) is 16.3 Å². The summed E-state index contributed by atoms with van der Waals surface area (Å²) in [7, 11) is 1.50. The highest BCUT2D eigenvalue weighted by atomic mass is 35.5. The van der Waals surface area contributed by atoms with E-state index in [-0.39, 0.29) is 5.91 Å². The van der Waals surface area contributed by atoms with Gasteiger partial charge in [-0.25, -0.2) is 0 Å². The summed E-state index contributed by atoms with van der Waals surface area (Å²) in [5.74, 6) is 0.0807. The molecular formula is C27H22ClN3O2. The van der Waals surface area contributed by atoms with Crippen molar-refractivity contribution >= 4 is 51.0 Å². The van der Waals surface area contributed by atoms with Gasteiger partial charge in [-0.1, -0.05) is 48.0 Å². The number of carbonyl (C=O) groups is 1. The monoisotopic (exact) mass is 455 g/mol. The number of nitrogens with zero attached hydrogens (tertiary/aromatic N) is 1. The van der Waals surface area contributed by atoms with E-state index in [1.165, 1.54) is 17.9 Å². The van der Waals surface area contributed by atoms with Crippen LogP contribution in [0.3, 0.4) is 0 Å². The number of hydrogen-bond acceptors (Lipinski definition) is 4. The van der Waals surface area contributed by atoms with Crippen molar-refractivity contribution < 1.29 is 9.53 Å². The lowest BCUT2D eigenvalue weighted by atomic mass is 10.1. The molecule has 6 heteroatoms. The van der Waals surface area contributed by atoms with Crippen LogP contribution in [0.2, 0.25) is 5.02 Å². The lowest BCUT2D eigenvalue weighted by Gasteiger charge is -2.23. The van der Waals surface area contributed by atoms with Gasteiger partial charge in [-0.2, -0.15) is 0 Å². The largest absolute Gasteiger partial charge is 0.494 e. The average molecular weight is 456 g/mol. The van der Waals surface area contributed by atoms with Crippen LogP contribution in [0.1, 0.15) is 10.4 Å². The van der Waals surface area contributed by atoms with E-state index < -0.39 is 0 Å². The van der Waals surface area contributed by atoms with Crippen LogP contribution in [-0.2, 0) is 0 Å². The maximum Gasteiger partial charge on any atom is 0.259 e. The van der Waals surface area contributed by atoms with E-state index in [1.807, 2.05) is 30.3 Å². The number of nitrogens with one attached hydrogen (secondary N) is 2. The zero-order chi connectivity index (χ0) is 22.8. The van der Waals surface area contributed by atoms with Crippen LogP contribution >= 0.6 is 11.6 Å². The molecule has 164 valence electrons. The lowest BCUT2D eigenvalue weighted by molar-refractivity contribution is 0.102. The first-order valence-corrected chi connectivity index (χ1v) is 11.0. The van der Waals surface area contributed by atoms with Crippen molar-refractivity contribution in [2.45, 2.75) is 0 Å². The molecule has 1 heterocycles. The summed E-state index contributed by atoms with van der Waals surface area (Å²) in [6.45, 7) is 0.743. The maximum absolute atomic E-state index is 12.8. The molecule has 0 radical (unpaired) electrons. The Labute approximate surface area is 197 Å². The number of methoxy groups -OCH3 is 1. The molecule has 0 spiro atoms. The Morgan fingerprint density at radius 2 is 1.82 bits per heavy atom. The van der Waals surface area contributed by atoms with Crippen LogP contribution in [0.25, 0.3) is 10.8 Å². The summed E-state index contributed by atoms with van der Waals surface area (Å²) < 4.78 is 5.30. The minimum Gasteiger partial charge on any atom is -0.494 e. The third-order valence-electron chi connectivity index (χ3n) is 5.64. The summed E-state index contributed by atoms with van der Waals surface area (Å²) in [5.41, 5.74) is 4.23. The number of ether oxygens (including phenoxy) is 1. The standard InChI is InChI=1S/C27H22ClN3O2/c1-33-26-22(8-4-9-23(26)28)27(32)30-19-11-13-20(14-12-19)31-17-5-16-29-25-21-7-3-2-6-18(21)10-15-24(25)31/h2-15,17,29H,16H2,1H3,(H,30,32). The molecule has 0 saturated carbocycles. The van der Waals surface area contributed by atoms with Crippen molar-refractivity contribution in [1.82, 2.24) is 0 Å². The number of benzene rings is 4. The molecule has 1 aliphatic heterocycles. The summed E-state index contributed by atoms with van der Waals surface area (Å²) in [6, 6.07) is 25.5. The number of fused-ring (bicyclic) bond motifs is 3. The van der Waals surface area contributed by atoms with Gasteiger partial charge in [-0.15, -0.1) is 0 Å². The van der Waals surface area contributed by atoms with Crippen LogP contribution in [0.15, 0.2) is 91.1 Å². The van der Waals surface area contributed by atoms with Crippen LogP contribution in [0, 0.1) is 0 Å². The number of anilines is 4. The van der Waals surface area contributed by atoms with Gasteiger partial charge in [0.05, 0.1) is 29.1 Å². The minimum atomic E-state index is -0.280. The quantitative estimate of drug-likeness (QED) is 0.354. The molecule has 0 bridgehead atoms. The summed E-state index contributed by atoms with van der Waals surface area (Å²) in [4.78, 5) is 14.9. The van der Waals surface area contributed by atoms with E-state index in [2.05, 4.69) is 58.1 Å². The Morgan fingerprint density at radius 3 is 2.64 bits per heavy atom. The van der Waals surface area contributed by atoms with Crippen LogP contribution < -0.4 is 20.3 Å². The summed E-state index contributed by atoms with van der Waals surface area (Å²) >= 11 is 6.15. The zero-order valence-electron chi connectivity index (χ0n) is 18.0. The summed E-state index contributed by atoms with van der Waals surface area (Å²) in [5, 5.41) is 9.22. The number of carbonyl (C=O) groups excluding carboxylic acids is 1. The molecule has 0 atom stereocenters. The van der Waals surface area contributed by atoms with E-state index >= 15 is 0 Å². The third kappa shape index (κ3) is 3.99. The molecule has 0 fully saturated rings. The maximum atomic E-state index is 12.8. The van der Waals surface area contributed by atoms with E-state index in [0.29, 0.717) is 22.0 Å². The number of halogens is 1. The van der Waals surface area contributed by atoms with Crippen molar-refractivity contribution in [3.05, 3.63) is 102 Å². The Kier molecular flexibility index (Phi) is 5.63. The van der Waals surface area contributed by atoms with Crippen molar-refractivity contribution in [1.29, 1.82) is 0 Å². The normalized spacial score (nSPS) is 12.6. The Morgan fingerprint density at radius 1 is 1.00 bits per heavy atom. The molecule has 5 nitrogen and oxygen atoms in total. The molecule has 4 aromatic carbocycles. The Bertz CT molecular complexity index is 1370. The van der Waals surface area contributed by atoms with E-state index in [1.54, 1.807) is 18.2 Å². The topological polar surface area (TPSA) is 53.6 Å². The van der Waals surface area contributed by atoms with Gasteiger partial charge in [0, 0.05) is 29.5 Å². The van der Waals surface area contributed by atoms with Crippen LogP contribution in [-0.4, -0.2) is 19.6 Å². The van der Waals surface area contributed by atoms with Gasteiger partial charge in [-0.3, -0.25) is 4.79 Å². The first kappa shape index (κ1) is 20.9. The molecule has 2 N–H and O–H groups in total. The van der Waals surface area contributed by atoms with Crippen molar-refractivity contribution in [3.8, 4) is 5.75 Å². The van der Waals surface area contributed by atoms with Gasteiger partial charge >= 0.3 is 0 Å². The van der Waals surface area contributed by atoms with Gasteiger partial charge < -0.3 is 20.3 Å². The molecule has 1 aliphatic rings. The van der Waals surface area contributed by atoms with Gasteiger partial charge in [0.15, 0.2) is 0 Å². The Hall–Kier alpha value is -3.96. The zero-order valence-corrected chi connectivity index (χ0v) is 18.8. The van der Waals surface area contributed by atoms with Gasteiger partial charge in [0.2, 0.25) is 0 Å². The smallest absolute Gasteiger partial charge is 0.259 e. The van der Waals surface area contributed by atoms with Gasteiger partial charge in [0.25, 0.3) is 5.91 Å². The SMILES string of the molecule is COc1c(Cl)cccc1C(=O)Nc1ccc(N2C=CCNc3c2ccc2ccccc32)cc1. The van der Waals surface area contributed by atoms with E-state index in [9.17, 15) is 4.79 Å². The second-order valence-corrected chi connectivity index (χ2v) is 8.05. The molecular weight excluding hydrogens is 434 g/mol. The molecule has 0 aliphatic carbocycles. The van der Waals surface area contributed by atoms with E-state index in [0.717, 1.165) is 23.6 Å². The molecule has 5 rings (SSSR count). The highest BCUT2D eigenvalue weighted by Gasteiger charge is 2.17. The van der Waals surface area contributed by atoms with Crippen molar-refractivity contribution in [2.75, 3.05) is 29.2 Å². The average Bonchev–Trinajstić information content (AvgIpc) is 3.07. The first-order valence-electron chi connectivity index (χ1n) is 10.6. The molecule has 0 saturated heterocycles. The molecule has 0 unspecified atom stereocenters. The van der Waals surface area contributed by atoms with Crippen LogP contribution in [0.4, 0.5) is 22.7 Å². The van der Waals surface area contributed by atoms with Crippen molar-refractivity contribution in [3.63, 3.8) is 0 Å². The number of amides is 1. The predicted molar refractivity (Wildman–Crippen MR) is 136 cm³/mol. The molecule has 0 aromatic heterocycles. The van der Waals surface area contributed by atoms with Crippen LogP contribution in [0.5, 0.6) is 5.75 Å². The second-order valence-electron chi connectivity index (χ2n) is 7.64. The fraction of sp³-hybridized carbons (Fsp3) is 0.0741. The van der Waals surface area contributed by atoms with Gasteiger partial charge in [0.1, 0.15) is 5.75 Å².